The zero-order chi connectivity index (χ0) is 14.8. The summed E-state index contributed by atoms with van der Waals surface area (Å²) in [6, 6.07) is 3.64. The number of nitro benzene ring substituents is 1. The molecule has 19 heavy (non-hydrogen) atoms. The molecule has 0 saturated carbocycles. The fourth-order valence-electron chi connectivity index (χ4n) is 1.02. The van der Waals surface area contributed by atoms with E-state index >= 15 is 0 Å². The van der Waals surface area contributed by atoms with Crippen molar-refractivity contribution < 1.29 is 30.7 Å². The first-order valence-corrected chi connectivity index (χ1v) is 5.69. The summed E-state index contributed by atoms with van der Waals surface area (Å²) in [5, 5.41) is 19.2. The van der Waals surface area contributed by atoms with Gasteiger partial charge in [0.2, 0.25) is 0 Å². The average molecular weight is 296 g/mol. The molecule has 0 bridgehead atoms. The summed E-state index contributed by atoms with van der Waals surface area (Å²) in [7, 11) is -6.00. The zero-order valence-corrected chi connectivity index (χ0v) is 9.53. The van der Waals surface area contributed by atoms with Crippen LogP contribution in [0.5, 0.6) is 5.75 Å². The molecule has 0 amide bonds. The Morgan fingerprint density at radius 1 is 1.37 bits per heavy atom. The molecule has 0 fully saturated rings. The first-order chi connectivity index (χ1) is 8.60. The van der Waals surface area contributed by atoms with Crippen molar-refractivity contribution in [2.24, 2.45) is 0 Å². The minimum Gasteiger partial charge on any atom is -0.374 e. The normalized spacial score (nSPS) is 11.7. The van der Waals surface area contributed by atoms with Gasteiger partial charge in [-0.3, -0.25) is 10.1 Å². The summed E-state index contributed by atoms with van der Waals surface area (Å²) in [5.41, 5.74) is -7.48. The molecule has 0 N–H and O–H groups in total. The molecule has 0 heterocycles. The highest BCUT2D eigenvalue weighted by Gasteiger charge is 2.49. The predicted octanol–water partition coefficient (Wildman–Crippen LogP) is 1.69. The summed E-state index contributed by atoms with van der Waals surface area (Å²) in [6.07, 6.45) is 0. The number of nitriles is 1. The van der Waals surface area contributed by atoms with Gasteiger partial charge in [-0.05, 0) is 6.07 Å². The molecule has 1 aromatic carbocycles. The smallest absolute Gasteiger partial charge is 0.374 e. The molecule has 1 aromatic rings. The lowest BCUT2D eigenvalue weighted by Gasteiger charge is -2.10. The highest BCUT2D eigenvalue weighted by atomic mass is 32.2. The molecule has 1 rings (SSSR count). The van der Waals surface area contributed by atoms with Gasteiger partial charge in [0.05, 0.1) is 4.92 Å². The summed E-state index contributed by atoms with van der Waals surface area (Å²) in [5.74, 6) is -1.06. The van der Waals surface area contributed by atoms with E-state index in [2.05, 4.69) is 4.18 Å². The monoisotopic (exact) mass is 296 g/mol. The topological polar surface area (TPSA) is 110 Å². The van der Waals surface area contributed by atoms with E-state index in [4.69, 9.17) is 5.26 Å². The highest BCUT2D eigenvalue weighted by Crippen LogP contribution is 2.32. The van der Waals surface area contributed by atoms with Gasteiger partial charge < -0.3 is 4.18 Å². The molecule has 0 atom stereocenters. The molecule has 0 saturated heterocycles. The molecular weight excluding hydrogens is 293 g/mol. The molecule has 0 unspecified atom stereocenters. The molecule has 0 aliphatic heterocycles. The number of nitrogens with zero attached hydrogens (tertiary/aromatic N) is 2. The Hall–Kier alpha value is -2.35. The Morgan fingerprint density at radius 2 is 1.95 bits per heavy atom. The number of hydrogen-bond donors (Lipinski definition) is 0. The molecule has 0 aliphatic carbocycles. The lowest BCUT2D eigenvalue weighted by molar-refractivity contribution is -0.385. The van der Waals surface area contributed by atoms with Crippen LogP contribution in [0.15, 0.2) is 18.2 Å². The van der Waals surface area contributed by atoms with E-state index in [0.29, 0.717) is 6.07 Å². The Labute approximate surface area is 104 Å². The second-order valence-corrected chi connectivity index (χ2v) is 4.54. The second-order valence-electron chi connectivity index (χ2n) is 3.00. The van der Waals surface area contributed by atoms with E-state index in [-0.39, 0.29) is 0 Å². The van der Waals surface area contributed by atoms with Crippen LogP contribution in [0, 0.1) is 21.4 Å². The maximum atomic E-state index is 12.1. The first-order valence-electron chi connectivity index (χ1n) is 4.28. The molecule has 7 nitrogen and oxygen atoms in total. The summed E-state index contributed by atoms with van der Waals surface area (Å²) < 4.78 is 61.4. The largest absolute Gasteiger partial charge is 0.534 e. The fourth-order valence-corrected chi connectivity index (χ4v) is 1.49. The van der Waals surface area contributed by atoms with Gasteiger partial charge in [-0.2, -0.15) is 26.9 Å². The summed E-state index contributed by atoms with van der Waals surface area (Å²) >= 11 is 0. The van der Waals surface area contributed by atoms with Gasteiger partial charge >= 0.3 is 15.6 Å². The van der Waals surface area contributed by atoms with Crippen molar-refractivity contribution in [2.45, 2.75) is 5.51 Å². The Bertz CT molecular complexity index is 662. The van der Waals surface area contributed by atoms with Crippen molar-refractivity contribution in [2.75, 3.05) is 0 Å². The van der Waals surface area contributed by atoms with Crippen molar-refractivity contribution in [1.29, 1.82) is 5.26 Å². The van der Waals surface area contributed by atoms with E-state index in [0.717, 1.165) is 12.1 Å². The van der Waals surface area contributed by atoms with Gasteiger partial charge in [0.25, 0.3) is 5.69 Å². The second kappa shape index (κ2) is 4.73. The van der Waals surface area contributed by atoms with Crippen LogP contribution in [0.2, 0.25) is 0 Å². The third-order valence-electron chi connectivity index (χ3n) is 1.80. The minimum absolute atomic E-state index is 0.703. The number of rotatable bonds is 3. The molecule has 102 valence electrons. The quantitative estimate of drug-likeness (QED) is 0.363. The van der Waals surface area contributed by atoms with Crippen molar-refractivity contribution in [3.05, 3.63) is 33.9 Å². The number of nitro groups is 1. The van der Waals surface area contributed by atoms with Crippen molar-refractivity contribution >= 4 is 15.8 Å². The zero-order valence-electron chi connectivity index (χ0n) is 8.71. The van der Waals surface area contributed by atoms with E-state index in [1.165, 1.54) is 6.07 Å². The Balaban J connectivity index is 3.36. The summed E-state index contributed by atoms with van der Waals surface area (Å²) in [6.45, 7) is 0. The number of benzene rings is 1. The standard InChI is InChI=1S/C8H3F3N2O5S/c9-8(10,11)19(16,17)18-7-3-1-2-6(13(14)15)5(7)4-12/h1-3H. The molecule has 0 aliphatic rings. The van der Waals surface area contributed by atoms with Crippen molar-refractivity contribution in [1.82, 2.24) is 0 Å². The van der Waals surface area contributed by atoms with Crippen molar-refractivity contribution in [3.8, 4) is 11.8 Å². The SMILES string of the molecule is N#Cc1c(OS(=O)(=O)C(F)(F)F)cccc1[N+](=O)[O-]. The first kappa shape index (κ1) is 14.7. The van der Waals surface area contributed by atoms with Gasteiger partial charge in [-0.15, -0.1) is 0 Å². The van der Waals surface area contributed by atoms with E-state index in [9.17, 15) is 31.7 Å². The van der Waals surface area contributed by atoms with Gasteiger partial charge in [0.15, 0.2) is 11.3 Å². The van der Waals surface area contributed by atoms with Crippen LogP contribution >= 0.6 is 0 Å². The van der Waals surface area contributed by atoms with Crippen LogP contribution in [0.1, 0.15) is 5.56 Å². The molecular formula is C8H3F3N2O5S. The molecule has 0 aromatic heterocycles. The van der Waals surface area contributed by atoms with Gasteiger partial charge in [0.1, 0.15) is 6.07 Å². The van der Waals surface area contributed by atoms with Crippen LogP contribution in [-0.4, -0.2) is 18.8 Å². The molecule has 0 spiro atoms. The van der Waals surface area contributed by atoms with E-state index in [1.807, 2.05) is 0 Å². The maximum Gasteiger partial charge on any atom is 0.534 e. The predicted molar refractivity (Wildman–Crippen MR) is 53.4 cm³/mol. The van der Waals surface area contributed by atoms with Gasteiger partial charge in [0, 0.05) is 6.07 Å². The van der Waals surface area contributed by atoms with E-state index < -0.39 is 37.6 Å². The van der Waals surface area contributed by atoms with Crippen LogP contribution in [-0.2, 0) is 10.1 Å². The lowest BCUT2D eigenvalue weighted by atomic mass is 10.2. The molecule has 0 radical (unpaired) electrons. The third kappa shape index (κ3) is 2.91. The minimum atomic E-state index is -6.00. The fraction of sp³-hybridized carbons (Fsp3) is 0.125. The number of halogens is 3. The summed E-state index contributed by atoms with van der Waals surface area (Å²) in [4.78, 5) is 9.47. The van der Waals surface area contributed by atoms with Crippen LogP contribution in [0.25, 0.3) is 0 Å². The van der Waals surface area contributed by atoms with Crippen LogP contribution in [0.4, 0.5) is 18.9 Å². The number of alkyl halides is 3. The van der Waals surface area contributed by atoms with Crippen molar-refractivity contribution in [3.63, 3.8) is 0 Å². The van der Waals surface area contributed by atoms with Gasteiger partial charge in [-0.1, -0.05) is 6.07 Å². The number of hydrogen-bond acceptors (Lipinski definition) is 6. The van der Waals surface area contributed by atoms with E-state index in [1.54, 1.807) is 0 Å². The van der Waals surface area contributed by atoms with Crippen LogP contribution < -0.4 is 4.18 Å². The Kier molecular flexibility index (Phi) is 3.66. The average Bonchev–Trinajstić information content (AvgIpc) is 2.26. The third-order valence-corrected chi connectivity index (χ3v) is 2.76. The molecule has 11 heteroatoms. The Morgan fingerprint density at radius 3 is 2.37 bits per heavy atom. The van der Waals surface area contributed by atoms with Gasteiger partial charge in [-0.25, -0.2) is 0 Å². The lowest BCUT2D eigenvalue weighted by Crippen LogP contribution is -2.28. The highest BCUT2D eigenvalue weighted by molar-refractivity contribution is 7.88. The maximum absolute atomic E-state index is 12.1. The van der Waals surface area contributed by atoms with Crippen LogP contribution in [0.3, 0.4) is 0 Å².